The van der Waals surface area contributed by atoms with E-state index in [-0.39, 0.29) is 61.7 Å². The zero-order valence-electron chi connectivity index (χ0n) is 56.7. The van der Waals surface area contributed by atoms with E-state index in [2.05, 4.69) is 27.8 Å². The van der Waals surface area contributed by atoms with Crippen molar-refractivity contribution in [2.75, 3.05) is 55.9 Å². The van der Waals surface area contributed by atoms with Crippen LogP contribution >= 0.6 is 0 Å². The molecule has 0 saturated carbocycles. The molecule has 0 aromatic heterocycles. The molecule has 23 nitrogen and oxygen atoms in total. The Labute approximate surface area is 514 Å². The summed E-state index contributed by atoms with van der Waals surface area (Å²) in [6.45, 7) is 33.9. The van der Waals surface area contributed by atoms with Gasteiger partial charge in [0, 0.05) is 49.3 Å². The zero-order valence-corrected chi connectivity index (χ0v) is 56.7. The first kappa shape index (κ1) is 76.0. The maximum atomic E-state index is 15.3. The Bertz CT molecular complexity index is 2410. The molecule has 2 aliphatic heterocycles. The fraction of sp³-hybridized carbons (Fsp3) is 0.794. The van der Waals surface area contributed by atoms with Crippen molar-refractivity contribution in [2.24, 2.45) is 41.4 Å². The van der Waals surface area contributed by atoms with Gasteiger partial charge in [-0.1, -0.05) is 109 Å². The largest absolute Gasteiger partial charge is 0.368 e. The summed E-state index contributed by atoms with van der Waals surface area (Å²) in [5, 5.41) is 11.1. The Kier molecular flexibility index (Phi) is 29.4. The predicted octanol–water partition coefficient (Wildman–Crippen LogP) is 3.68. The number of rotatable bonds is 13. The van der Waals surface area contributed by atoms with Crippen LogP contribution in [0.2, 0.25) is 0 Å². The second kappa shape index (κ2) is 33.3. The van der Waals surface area contributed by atoms with Gasteiger partial charge in [0.25, 0.3) is 0 Å². The minimum atomic E-state index is -1.35. The highest BCUT2D eigenvalue weighted by molar-refractivity contribution is 5.99. The van der Waals surface area contributed by atoms with E-state index in [4.69, 9.17) is 4.74 Å². The molecule has 13 atom stereocenters. The first-order valence-corrected chi connectivity index (χ1v) is 31.0. The molecule has 1 unspecified atom stereocenters. The van der Waals surface area contributed by atoms with Crippen LogP contribution in [-0.4, -0.2) is 228 Å². The quantitative estimate of drug-likeness (QED) is 0.193. The SMILES string of the molecule is C=C(C)C1C[C@@H](C)[C@H]([C@H]2C(=O)N[C@@H](CC)C(=O)N(C)CC(=O)N(C)[C@@H](CC(C)C)C(=O)N[C@@H](C(C)C)C(=O)N(C)[C@@H](CC(C)C)C(=O)N[C@@H](C)C(=O)N[C@H](C)C(=O)N(C)[C@@H](CC(C)C)C(=O)N(C)[C@@H](CC(C)C)C(=O)N(C)[C@@H](C(C)C)C(=O)N2C)O1. The summed E-state index contributed by atoms with van der Waals surface area (Å²) in [5.74, 6) is -8.87. The van der Waals surface area contributed by atoms with Gasteiger partial charge in [0.15, 0.2) is 0 Å². The molecule has 23 heteroatoms. The number of amides is 11. The predicted molar refractivity (Wildman–Crippen MR) is 331 cm³/mol. The van der Waals surface area contributed by atoms with Gasteiger partial charge >= 0.3 is 0 Å². The Balaban J connectivity index is 2.98. The molecule has 0 aliphatic carbocycles. The number of carbonyl (C=O) groups excluding carboxylic acids is 11. The maximum absolute atomic E-state index is 15.3. The van der Waals surface area contributed by atoms with Gasteiger partial charge in [-0.05, 0) is 101 Å². The molecule has 2 saturated heterocycles. The zero-order chi connectivity index (χ0) is 66.4. The molecule has 0 aromatic rings. The summed E-state index contributed by atoms with van der Waals surface area (Å²) < 4.78 is 6.53. The van der Waals surface area contributed by atoms with Crippen molar-refractivity contribution in [2.45, 2.75) is 229 Å². The molecule has 0 spiro atoms. The summed E-state index contributed by atoms with van der Waals surface area (Å²) >= 11 is 0. The number of carbonyl (C=O) groups is 11. The second-order valence-electron chi connectivity index (χ2n) is 27.0. The molecule has 2 fully saturated rings. The third-order valence-electron chi connectivity index (χ3n) is 16.8. The van der Waals surface area contributed by atoms with Gasteiger partial charge in [-0.3, -0.25) is 52.7 Å². The lowest BCUT2D eigenvalue weighted by Crippen LogP contribution is -2.63. The lowest BCUT2D eigenvalue weighted by atomic mass is 9.92. The molecule has 490 valence electrons. The van der Waals surface area contributed by atoms with Crippen molar-refractivity contribution in [1.29, 1.82) is 0 Å². The van der Waals surface area contributed by atoms with Crippen molar-refractivity contribution in [3.05, 3.63) is 12.2 Å². The molecule has 11 amide bonds. The van der Waals surface area contributed by atoms with Gasteiger partial charge in [0.05, 0.1) is 18.8 Å². The van der Waals surface area contributed by atoms with Gasteiger partial charge < -0.3 is 60.3 Å². The average molecular weight is 1210 g/mol. The van der Waals surface area contributed by atoms with Crippen LogP contribution in [0.4, 0.5) is 0 Å². The van der Waals surface area contributed by atoms with E-state index in [9.17, 15) is 33.6 Å². The van der Waals surface area contributed by atoms with Crippen molar-refractivity contribution in [3.8, 4) is 0 Å². The fourth-order valence-electron chi connectivity index (χ4n) is 11.4. The number of nitrogens with one attached hydrogen (secondary N) is 4. The van der Waals surface area contributed by atoms with E-state index < -0.39 is 156 Å². The standard InChI is InChI=1S/C63H111N11O12/c1-26-43-59(81)68(19)32-49(75)69(20)44(27-33(2)3)56(78)67-50(38(12)13)62(84)70(21)45(28-34(4)5)55(77)64-41(17)54(76)65-42(18)58(80)71(22)46(29-35(6)7)60(82)72(23)47(30-36(8)9)61(83)73(24)51(39(14)15)63(85)74(25)52(57(79)66-43)53-40(16)31-48(86-53)37(10)11/h33-36,38-48,50-53H,10,26-32H2,1-9,11-25H3,(H,64,77)(H,65,76)(H,66,79)(H,67,78)/t40-,41+,42-,43+,44+,45+,46+,47+,48?,50+,51+,52+,53-/m1/s1. The van der Waals surface area contributed by atoms with Crippen molar-refractivity contribution in [3.63, 3.8) is 0 Å². The Hall–Kier alpha value is -6.13. The van der Waals surface area contributed by atoms with Gasteiger partial charge in [-0.15, -0.1) is 0 Å². The number of likely N-dealkylation sites (N-methyl/N-ethyl adjacent to an activating group) is 7. The van der Waals surface area contributed by atoms with Gasteiger partial charge in [0.1, 0.15) is 60.4 Å². The highest BCUT2D eigenvalue weighted by Gasteiger charge is 2.49. The van der Waals surface area contributed by atoms with Crippen LogP contribution in [0, 0.1) is 41.4 Å². The third kappa shape index (κ3) is 19.9. The van der Waals surface area contributed by atoms with Gasteiger partial charge in [-0.2, -0.15) is 0 Å². The minimum Gasteiger partial charge on any atom is -0.368 e. The van der Waals surface area contributed by atoms with Crippen molar-refractivity contribution >= 4 is 65.0 Å². The van der Waals surface area contributed by atoms with Crippen LogP contribution in [0.5, 0.6) is 0 Å². The first-order valence-electron chi connectivity index (χ1n) is 31.0. The average Bonchev–Trinajstić information content (AvgIpc) is 2.19. The van der Waals surface area contributed by atoms with Crippen LogP contribution in [0.15, 0.2) is 12.2 Å². The Morgan fingerprint density at radius 2 is 0.919 bits per heavy atom. The van der Waals surface area contributed by atoms with Crippen molar-refractivity contribution < 1.29 is 57.5 Å². The molecule has 0 aromatic carbocycles. The van der Waals surface area contributed by atoms with E-state index in [0.29, 0.717) is 12.0 Å². The second-order valence-corrected chi connectivity index (χ2v) is 27.0. The Morgan fingerprint density at radius 1 is 0.488 bits per heavy atom. The Morgan fingerprint density at radius 3 is 1.36 bits per heavy atom. The number of hydrogen-bond donors (Lipinski definition) is 4. The number of hydrogen-bond acceptors (Lipinski definition) is 12. The topological polar surface area (TPSA) is 268 Å². The summed E-state index contributed by atoms with van der Waals surface area (Å²) in [7, 11) is 10.2. The van der Waals surface area contributed by atoms with Gasteiger partial charge in [-0.25, -0.2) is 0 Å². The third-order valence-corrected chi connectivity index (χ3v) is 16.8. The summed E-state index contributed by atoms with van der Waals surface area (Å²) in [4.78, 5) is 170. The van der Waals surface area contributed by atoms with Crippen LogP contribution in [0.3, 0.4) is 0 Å². The smallest absolute Gasteiger partial charge is 0.246 e. The van der Waals surface area contributed by atoms with Gasteiger partial charge in [0.2, 0.25) is 65.0 Å². The van der Waals surface area contributed by atoms with Crippen LogP contribution in [-0.2, 0) is 57.5 Å². The van der Waals surface area contributed by atoms with Crippen LogP contribution < -0.4 is 21.3 Å². The minimum absolute atomic E-state index is 0.0697. The lowest BCUT2D eigenvalue weighted by molar-refractivity contribution is -0.157. The lowest BCUT2D eigenvalue weighted by Gasteiger charge is -2.41. The van der Waals surface area contributed by atoms with E-state index in [1.165, 1.54) is 92.6 Å². The molecule has 0 radical (unpaired) electrons. The van der Waals surface area contributed by atoms with Crippen LogP contribution in [0.25, 0.3) is 0 Å². The van der Waals surface area contributed by atoms with Crippen molar-refractivity contribution in [1.82, 2.24) is 55.6 Å². The molecule has 86 heavy (non-hydrogen) atoms. The normalized spacial score (nSPS) is 29.3. The summed E-state index contributed by atoms with van der Waals surface area (Å²) in [6, 6.07) is -11.9. The summed E-state index contributed by atoms with van der Waals surface area (Å²) in [6.07, 6.45) is -0.138. The van der Waals surface area contributed by atoms with E-state index in [0.717, 1.165) is 4.90 Å². The monoisotopic (exact) mass is 1210 g/mol. The molecule has 0 bridgehead atoms. The number of ether oxygens (including phenoxy) is 1. The fourth-order valence-corrected chi connectivity index (χ4v) is 11.4. The first-order chi connectivity index (χ1) is 39.6. The van der Waals surface area contributed by atoms with Crippen LogP contribution in [0.1, 0.15) is 156 Å². The highest BCUT2D eigenvalue weighted by atomic mass is 16.5. The number of nitrogens with zero attached hydrogens (tertiary/aromatic N) is 7. The molecular weight excluding hydrogens is 1100 g/mol. The molecule has 2 heterocycles. The molecule has 4 N–H and O–H groups in total. The molecule has 2 aliphatic rings. The summed E-state index contributed by atoms with van der Waals surface area (Å²) in [5.41, 5.74) is 0.711. The van der Waals surface area contributed by atoms with E-state index in [1.807, 2.05) is 69.2 Å². The molecule has 2 rings (SSSR count). The maximum Gasteiger partial charge on any atom is 0.246 e. The van der Waals surface area contributed by atoms with E-state index in [1.54, 1.807) is 34.6 Å². The molecular formula is C63H111N11O12. The van der Waals surface area contributed by atoms with E-state index >= 15 is 19.2 Å². The highest BCUT2D eigenvalue weighted by Crippen LogP contribution is 2.34.